The fraction of sp³-hybridized carbons (Fsp3) is 0.643. The standard InChI is InChI=1S/C14H19NO4S2/c16-14(17)12-4-1-5-13(12)21(18,19)15(10-6-7-10)9-11-3-2-8-20-11/h2-3,8,10,12-13H,1,4-7,9H2,(H,16,17). The SMILES string of the molecule is O=C(O)C1CCCC1S(=O)(=O)N(Cc1cccs1)C1CC1. The molecule has 0 aromatic carbocycles. The van der Waals surface area contributed by atoms with Gasteiger partial charge in [0.2, 0.25) is 10.0 Å². The summed E-state index contributed by atoms with van der Waals surface area (Å²) in [5.74, 6) is -1.73. The van der Waals surface area contributed by atoms with Crippen LogP contribution in [0.3, 0.4) is 0 Å². The molecule has 2 aliphatic rings. The Kier molecular flexibility index (Phi) is 4.07. The van der Waals surface area contributed by atoms with Crippen LogP contribution < -0.4 is 0 Å². The zero-order valence-electron chi connectivity index (χ0n) is 11.6. The van der Waals surface area contributed by atoms with Crippen LogP contribution in [0.1, 0.15) is 37.0 Å². The Morgan fingerprint density at radius 3 is 2.67 bits per heavy atom. The second-order valence-corrected chi connectivity index (χ2v) is 8.95. The fourth-order valence-electron chi connectivity index (χ4n) is 3.08. The predicted molar refractivity (Wildman–Crippen MR) is 80.6 cm³/mol. The largest absolute Gasteiger partial charge is 0.481 e. The lowest BCUT2D eigenvalue weighted by molar-refractivity contribution is -0.141. The first kappa shape index (κ1) is 15.0. The molecule has 1 aromatic rings. The number of nitrogens with zero attached hydrogens (tertiary/aromatic N) is 1. The van der Waals surface area contributed by atoms with Crippen molar-refractivity contribution in [3.63, 3.8) is 0 Å². The molecule has 2 unspecified atom stereocenters. The zero-order valence-corrected chi connectivity index (χ0v) is 13.3. The van der Waals surface area contributed by atoms with Gasteiger partial charge in [0.1, 0.15) is 0 Å². The smallest absolute Gasteiger partial charge is 0.307 e. The van der Waals surface area contributed by atoms with Crippen LogP contribution in [0, 0.1) is 5.92 Å². The summed E-state index contributed by atoms with van der Waals surface area (Å²) >= 11 is 1.54. The Balaban J connectivity index is 1.85. The van der Waals surface area contributed by atoms with Crippen molar-refractivity contribution < 1.29 is 18.3 Å². The van der Waals surface area contributed by atoms with Gasteiger partial charge in [-0.05, 0) is 37.1 Å². The number of thiophene rings is 1. The molecule has 7 heteroatoms. The minimum Gasteiger partial charge on any atom is -0.481 e. The summed E-state index contributed by atoms with van der Waals surface area (Å²) in [7, 11) is -3.55. The van der Waals surface area contributed by atoms with E-state index >= 15 is 0 Å². The average molecular weight is 329 g/mol. The maximum absolute atomic E-state index is 12.9. The lowest BCUT2D eigenvalue weighted by Gasteiger charge is -2.27. The molecule has 0 amide bonds. The van der Waals surface area contributed by atoms with E-state index in [1.807, 2.05) is 17.5 Å². The lowest BCUT2D eigenvalue weighted by Crippen LogP contribution is -2.42. The van der Waals surface area contributed by atoms with Crippen LogP contribution in [0.5, 0.6) is 0 Å². The summed E-state index contributed by atoms with van der Waals surface area (Å²) in [5, 5.41) is 10.4. The summed E-state index contributed by atoms with van der Waals surface area (Å²) in [6.45, 7) is 0.382. The number of aliphatic carboxylic acids is 1. The Hall–Kier alpha value is -0.920. The van der Waals surface area contributed by atoms with Gasteiger partial charge < -0.3 is 5.11 Å². The molecule has 2 fully saturated rings. The first-order valence-electron chi connectivity index (χ1n) is 7.26. The fourth-order valence-corrected chi connectivity index (χ4v) is 6.29. The number of rotatable bonds is 6. The first-order valence-corrected chi connectivity index (χ1v) is 9.64. The molecule has 2 saturated carbocycles. The maximum Gasteiger partial charge on any atom is 0.307 e. The Morgan fingerprint density at radius 2 is 2.10 bits per heavy atom. The second kappa shape index (κ2) is 5.70. The van der Waals surface area contributed by atoms with Gasteiger partial charge in [0.15, 0.2) is 0 Å². The summed E-state index contributed by atoms with van der Waals surface area (Å²) in [5.41, 5.74) is 0. The molecular weight excluding hydrogens is 310 g/mol. The topological polar surface area (TPSA) is 74.7 Å². The average Bonchev–Trinajstić information content (AvgIpc) is 2.95. The van der Waals surface area contributed by atoms with E-state index in [4.69, 9.17) is 0 Å². The quantitative estimate of drug-likeness (QED) is 0.869. The van der Waals surface area contributed by atoms with Crippen LogP contribution in [0.4, 0.5) is 0 Å². The normalized spacial score (nSPS) is 26.3. The molecule has 0 aliphatic heterocycles. The molecule has 1 aromatic heterocycles. The predicted octanol–water partition coefficient (Wildman–Crippen LogP) is 2.30. The van der Waals surface area contributed by atoms with Gasteiger partial charge in [0, 0.05) is 17.5 Å². The molecule has 0 bridgehead atoms. The molecule has 0 spiro atoms. The zero-order chi connectivity index (χ0) is 15.0. The molecule has 21 heavy (non-hydrogen) atoms. The van der Waals surface area contributed by atoms with Crippen molar-refractivity contribution in [3.05, 3.63) is 22.4 Å². The first-order chi connectivity index (χ1) is 10.00. The van der Waals surface area contributed by atoms with Crippen LogP contribution in [-0.4, -0.2) is 35.1 Å². The molecular formula is C14H19NO4S2. The van der Waals surface area contributed by atoms with Crippen LogP contribution in [0.2, 0.25) is 0 Å². The summed E-state index contributed by atoms with van der Waals surface area (Å²) in [6, 6.07) is 3.90. The van der Waals surface area contributed by atoms with Gasteiger partial charge in [0.25, 0.3) is 0 Å². The monoisotopic (exact) mass is 329 g/mol. The van der Waals surface area contributed by atoms with Gasteiger partial charge in [-0.25, -0.2) is 8.42 Å². The van der Waals surface area contributed by atoms with E-state index in [0.717, 1.165) is 17.7 Å². The number of carboxylic acids is 1. The van der Waals surface area contributed by atoms with Crippen molar-refractivity contribution in [2.45, 2.75) is 49.9 Å². The van der Waals surface area contributed by atoms with E-state index in [-0.39, 0.29) is 6.04 Å². The molecule has 2 atom stereocenters. The summed E-state index contributed by atoms with van der Waals surface area (Å²) in [6.07, 6.45) is 3.38. The minimum absolute atomic E-state index is 0.0622. The number of carbonyl (C=O) groups is 1. The van der Waals surface area contributed by atoms with Crippen molar-refractivity contribution in [1.29, 1.82) is 0 Å². The second-order valence-electron chi connectivity index (χ2n) is 5.81. The van der Waals surface area contributed by atoms with Crippen molar-refractivity contribution >= 4 is 27.3 Å². The van der Waals surface area contributed by atoms with Gasteiger partial charge in [-0.1, -0.05) is 12.5 Å². The van der Waals surface area contributed by atoms with E-state index in [1.165, 1.54) is 11.3 Å². The molecule has 3 rings (SSSR count). The molecule has 1 heterocycles. The molecule has 2 aliphatic carbocycles. The highest BCUT2D eigenvalue weighted by molar-refractivity contribution is 7.89. The number of carboxylic acid groups (broad SMARTS) is 1. The van der Waals surface area contributed by atoms with E-state index < -0.39 is 27.2 Å². The van der Waals surface area contributed by atoms with Crippen LogP contribution >= 0.6 is 11.3 Å². The van der Waals surface area contributed by atoms with Gasteiger partial charge in [0.05, 0.1) is 11.2 Å². The summed E-state index contributed by atoms with van der Waals surface area (Å²) < 4.78 is 27.4. The van der Waals surface area contributed by atoms with Crippen molar-refractivity contribution in [1.82, 2.24) is 4.31 Å². The van der Waals surface area contributed by atoms with Gasteiger partial charge in [-0.3, -0.25) is 4.79 Å². The Bertz CT molecular complexity index is 607. The highest BCUT2D eigenvalue weighted by Gasteiger charge is 2.48. The Morgan fingerprint density at radius 1 is 1.33 bits per heavy atom. The highest BCUT2D eigenvalue weighted by atomic mass is 32.2. The van der Waals surface area contributed by atoms with Gasteiger partial charge >= 0.3 is 5.97 Å². The third-order valence-corrected chi connectivity index (χ3v) is 7.60. The van der Waals surface area contributed by atoms with Crippen molar-refractivity contribution in [3.8, 4) is 0 Å². The molecule has 1 N–H and O–H groups in total. The highest BCUT2D eigenvalue weighted by Crippen LogP contribution is 2.39. The van der Waals surface area contributed by atoms with Crippen molar-refractivity contribution in [2.75, 3.05) is 0 Å². The minimum atomic E-state index is -3.55. The lowest BCUT2D eigenvalue weighted by atomic mass is 10.1. The maximum atomic E-state index is 12.9. The van der Waals surface area contributed by atoms with Crippen molar-refractivity contribution in [2.24, 2.45) is 5.92 Å². The molecule has 5 nitrogen and oxygen atoms in total. The number of hydrogen-bond donors (Lipinski definition) is 1. The van der Waals surface area contributed by atoms with Gasteiger partial charge in [-0.15, -0.1) is 11.3 Å². The van der Waals surface area contributed by atoms with Crippen LogP contribution in [0.15, 0.2) is 17.5 Å². The van der Waals surface area contributed by atoms with E-state index in [9.17, 15) is 18.3 Å². The number of sulfonamides is 1. The van der Waals surface area contributed by atoms with E-state index in [1.54, 1.807) is 4.31 Å². The van der Waals surface area contributed by atoms with Gasteiger partial charge in [-0.2, -0.15) is 4.31 Å². The van der Waals surface area contributed by atoms with E-state index in [2.05, 4.69) is 0 Å². The number of hydrogen-bond acceptors (Lipinski definition) is 4. The third kappa shape index (κ3) is 3.00. The van der Waals surface area contributed by atoms with Crippen LogP contribution in [0.25, 0.3) is 0 Å². The molecule has 0 saturated heterocycles. The Labute approximate surface area is 128 Å². The molecule has 116 valence electrons. The molecule has 0 radical (unpaired) electrons. The van der Waals surface area contributed by atoms with Crippen LogP contribution in [-0.2, 0) is 21.4 Å². The van der Waals surface area contributed by atoms with E-state index in [0.29, 0.717) is 25.8 Å². The summed E-state index contributed by atoms with van der Waals surface area (Å²) in [4.78, 5) is 12.3. The third-order valence-electron chi connectivity index (χ3n) is 4.33.